The van der Waals surface area contributed by atoms with Gasteiger partial charge in [-0.1, -0.05) is 202 Å². The van der Waals surface area contributed by atoms with Crippen molar-refractivity contribution >= 4 is 17.9 Å². The van der Waals surface area contributed by atoms with E-state index in [0.29, 0.717) is 19.3 Å². The molecule has 0 aromatic carbocycles. The van der Waals surface area contributed by atoms with Crippen molar-refractivity contribution in [1.82, 2.24) is 0 Å². The van der Waals surface area contributed by atoms with Crippen molar-refractivity contribution in [3.63, 3.8) is 0 Å². The van der Waals surface area contributed by atoms with Crippen molar-refractivity contribution in [1.29, 1.82) is 0 Å². The second kappa shape index (κ2) is 47.3. The van der Waals surface area contributed by atoms with E-state index in [-0.39, 0.29) is 36.2 Å². The molecule has 0 radical (unpaired) electrons. The summed E-state index contributed by atoms with van der Waals surface area (Å²) < 4.78 is 17.4. The Morgan fingerprint density at radius 3 is 1.40 bits per heavy atom. The van der Waals surface area contributed by atoms with Crippen LogP contribution in [0.1, 0.15) is 219 Å². The lowest BCUT2D eigenvalue weighted by molar-refractivity contribution is -0.887. The molecule has 0 bridgehead atoms. The molecule has 0 rings (SSSR count). The minimum Gasteiger partial charge on any atom is -0.477 e. The van der Waals surface area contributed by atoms with Crippen LogP contribution in [0.5, 0.6) is 0 Å². The molecule has 2 unspecified atom stereocenters. The van der Waals surface area contributed by atoms with Crippen LogP contribution in [0.25, 0.3) is 0 Å². The number of esters is 2. The Balaban J connectivity index is 4.25. The first-order valence-corrected chi connectivity index (χ1v) is 26.5. The molecule has 0 aliphatic carbocycles. The molecule has 65 heavy (non-hydrogen) atoms. The van der Waals surface area contributed by atoms with Crippen molar-refractivity contribution in [3.8, 4) is 0 Å². The SMILES string of the molecule is CC/C=C/C/C=C/C/C=C/CCCCCCCCCCCCCCCC(=O)OC(COCCC(C(=O)O)[N+](C)(C)C)COC(=O)CCCCCCC/C=C/C=C/C=C/CCCCCCC. The van der Waals surface area contributed by atoms with E-state index in [1.165, 1.54) is 103 Å². The van der Waals surface area contributed by atoms with Gasteiger partial charge in [0.1, 0.15) is 6.61 Å². The topological polar surface area (TPSA) is 99.1 Å². The van der Waals surface area contributed by atoms with Crippen LogP contribution in [0, 0.1) is 0 Å². The number of ether oxygens (including phenoxy) is 3. The highest BCUT2D eigenvalue weighted by Gasteiger charge is 2.31. The molecule has 0 aliphatic heterocycles. The van der Waals surface area contributed by atoms with Crippen LogP contribution >= 0.6 is 0 Å². The summed E-state index contributed by atoms with van der Waals surface area (Å²) in [5.74, 6) is -1.49. The summed E-state index contributed by atoms with van der Waals surface area (Å²) in [4.78, 5) is 37.2. The van der Waals surface area contributed by atoms with Gasteiger partial charge in [0, 0.05) is 19.3 Å². The molecular weight excluding hydrogens is 811 g/mol. The highest BCUT2D eigenvalue weighted by molar-refractivity contribution is 5.72. The molecule has 374 valence electrons. The number of carbonyl (C=O) groups excluding carboxylic acids is 2. The highest BCUT2D eigenvalue weighted by Crippen LogP contribution is 2.15. The van der Waals surface area contributed by atoms with Gasteiger partial charge in [-0.25, -0.2) is 4.79 Å². The Hall–Kier alpha value is -3.23. The number of aliphatic carboxylic acids is 1. The van der Waals surface area contributed by atoms with E-state index in [9.17, 15) is 19.5 Å². The van der Waals surface area contributed by atoms with Crippen molar-refractivity contribution in [2.45, 2.75) is 231 Å². The number of rotatable bonds is 47. The highest BCUT2D eigenvalue weighted by atomic mass is 16.6. The lowest BCUT2D eigenvalue weighted by Gasteiger charge is -2.31. The van der Waals surface area contributed by atoms with Gasteiger partial charge in [0.2, 0.25) is 0 Å². The quantitative estimate of drug-likeness (QED) is 0.0213. The molecule has 0 spiro atoms. The Morgan fingerprint density at radius 2 is 0.923 bits per heavy atom. The molecule has 8 nitrogen and oxygen atoms in total. The van der Waals surface area contributed by atoms with E-state index >= 15 is 0 Å². The van der Waals surface area contributed by atoms with E-state index in [2.05, 4.69) is 86.8 Å². The summed E-state index contributed by atoms with van der Waals surface area (Å²) in [6.45, 7) is 4.60. The molecule has 0 amide bonds. The first-order chi connectivity index (χ1) is 31.6. The molecule has 1 N–H and O–H groups in total. The van der Waals surface area contributed by atoms with Crippen molar-refractivity contribution in [2.75, 3.05) is 41.0 Å². The van der Waals surface area contributed by atoms with Crippen LogP contribution in [-0.2, 0) is 28.6 Å². The standard InChI is InChI=1S/C57H99NO7/c1-6-8-10-12-14-16-18-20-22-24-26-27-28-29-30-32-34-36-38-40-42-44-46-48-56(60)65-53(51-63-50-49-54(57(61)62)58(3,4)5)52-64-55(59)47-45-43-41-39-37-35-33-31-25-23-21-19-17-15-13-11-9-7-2/h8,10,14,16,19-23,25,31,33,53-54H,6-7,9,11-13,15,17-18,24,26-30,32,34-52H2,1-5H3/p+1/b10-8+,16-14+,21-19+,22-20+,25-23+,33-31+. The minimum atomic E-state index is -0.879. The van der Waals surface area contributed by atoms with E-state index in [1.807, 2.05) is 21.1 Å². The maximum absolute atomic E-state index is 12.8. The average Bonchev–Trinajstić information content (AvgIpc) is 3.27. The Morgan fingerprint density at radius 1 is 0.492 bits per heavy atom. The number of nitrogens with zero attached hydrogens (tertiary/aromatic N) is 1. The summed E-state index contributed by atoms with van der Waals surface area (Å²) in [6.07, 6.45) is 60.9. The first-order valence-electron chi connectivity index (χ1n) is 26.5. The number of carboxylic acids is 1. The molecule has 0 aromatic rings. The lowest BCUT2D eigenvalue weighted by atomic mass is 10.0. The van der Waals surface area contributed by atoms with Crippen molar-refractivity contribution in [3.05, 3.63) is 72.9 Å². The summed E-state index contributed by atoms with van der Waals surface area (Å²) in [5.41, 5.74) is 0. The third-order valence-corrected chi connectivity index (χ3v) is 11.7. The lowest BCUT2D eigenvalue weighted by Crippen LogP contribution is -2.50. The summed E-state index contributed by atoms with van der Waals surface area (Å²) in [6, 6.07) is -0.621. The van der Waals surface area contributed by atoms with Gasteiger partial charge in [-0.15, -0.1) is 0 Å². The smallest absolute Gasteiger partial charge is 0.362 e. The zero-order valence-corrected chi connectivity index (χ0v) is 42.7. The fourth-order valence-electron chi connectivity index (χ4n) is 7.58. The van der Waals surface area contributed by atoms with Crippen LogP contribution < -0.4 is 0 Å². The minimum absolute atomic E-state index is 0.0520. The van der Waals surface area contributed by atoms with E-state index in [0.717, 1.165) is 83.5 Å². The molecule has 0 aromatic heterocycles. The van der Waals surface area contributed by atoms with Crippen LogP contribution in [0.4, 0.5) is 0 Å². The third-order valence-electron chi connectivity index (χ3n) is 11.7. The van der Waals surface area contributed by atoms with Gasteiger partial charge in [0.25, 0.3) is 0 Å². The molecule has 0 heterocycles. The number of carboxylic acid groups (broad SMARTS) is 1. The molecular formula is C57H100NO7+. The van der Waals surface area contributed by atoms with Crippen molar-refractivity contribution < 1.29 is 38.2 Å². The van der Waals surface area contributed by atoms with Gasteiger partial charge < -0.3 is 23.8 Å². The van der Waals surface area contributed by atoms with E-state index in [1.54, 1.807) is 0 Å². The predicted octanol–water partition coefficient (Wildman–Crippen LogP) is 15.5. The third kappa shape index (κ3) is 45.7. The maximum atomic E-state index is 12.8. The molecule has 0 saturated heterocycles. The molecule has 0 aliphatic rings. The second-order valence-electron chi connectivity index (χ2n) is 18.8. The van der Waals surface area contributed by atoms with Crippen LogP contribution in [0.15, 0.2) is 72.9 Å². The maximum Gasteiger partial charge on any atom is 0.362 e. The zero-order valence-electron chi connectivity index (χ0n) is 42.7. The van der Waals surface area contributed by atoms with Gasteiger partial charge >= 0.3 is 17.9 Å². The number of carbonyl (C=O) groups is 3. The van der Waals surface area contributed by atoms with Gasteiger partial charge in [0.15, 0.2) is 12.1 Å². The number of allylic oxidation sites excluding steroid dienone is 12. The molecule has 2 atom stereocenters. The Kier molecular flexibility index (Phi) is 44.9. The number of quaternary nitrogens is 1. The first kappa shape index (κ1) is 61.8. The summed E-state index contributed by atoms with van der Waals surface area (Å²) in [5, 5.41) is 9.66. The van der Waals surface area contributed by atoms with Crippen LogP contribution in [0.2, 0.25) is 0 Å². The van der Waals surface area contributed by atoms with Gasteiger partial charge in [-0.3, -0.25) is 9.59 Å². The fourth-order valence-corrected chi connectivity index (χ4v) is 7.58. The van der Waals surface area contributed by atoms with Gasteiger partial charge in [-0.2, -0.15) is 0 Å². The number of hydrogen-bond donors (Lipinski definition) is 1. The Bertz CT molecular complexity index is 1290. The molecule has 8 heteroatoms. The van der Waals surface area contributed by atoms with Gasteiger partial charge in [0.05, 0.1) is 34.4 Å². The number of unbranched alkanes of at least 4 members (excludes halogenated alkanes) is 23. The van der Waals surface area contributed by atoms with E-state index in [4.69, 9.17) is 14.2 Å². The Labute approximate surface area is 400 Å². The van der Waals surface area contributed by atoms with Crippen LogP contribution in [-0.4, -0.2) is 80.6 Å². The van der Waals surface area contributed by atoms with Crippen LogP contribution in [0.3, 0.4) is 0 Å². The van der Waals surface area contributed by atoms with Gasteiger partial charge in [-0.05, 0) is 70.6 Å². The van der Waals surface area contributed by atoms with E-state index < -0.39 is 18.1 Å². The number of likely N-dealkylation sites (N-methyl/N-ethyl adjacent to an activating group) is 1. The fraction of sp³-hybridized carbons (Fsp3) is 0.737. The number of hydrogen-bond acceptors (Lipinski definition) is 6. The zero-order chi connectivity index (χ0) is 47.7. The largest absolute Gasteiger partial charge is 0.477 e. The molecule has 0 saturated carbocycles. The monoisotopic (exact) mass is 911 g/mol. The normalized spacial score (nSPS) is 13.4. The van der Waals surface area contributed by atoms with Crippen molar-refractivity contribution in [2.24, 2.45) is 0 Å². The molecule has 0 fully saturated rings. The summed E-state index contributed by atoms with van der Waals surface area (Å²) in [7, 11) is 5.53. The predicted molar refractivity (Wildman–Crippen MR) is 275 cm³/mol. The second-order valence-corrected chi connectivity index (χ2v) is 18.8. The summed E-state index contributed by atoms with van der Waals surface area (Å²) >= 11 is 0. The average molecular weight is 911 g/mol.